The van der Waals surface area contributed by atoms with Gasteiger partial charge < -0.3 is 17.0 Å². The Labute approximate surface area is 101 Å². The first-order valence-electron chi connectivity index (χ1n) is 4.94. The van der Waals surface area contributed by atoms with Crippen LogP contribution in [-0.4, -0.2) is 0 Å². The van der Waals surface area contributed by atoms with Gasteiger partial charge in [0.2, 0.25) is 0 Å². The van der Waals surface area contributed by atoms with E-state index in [1.165, 1.54) is 11.1 Å². The zero-order valence-corrected chi connectivity index (χ0v) is 10.3. The molecular weight excluding hydrogens is 250 g/mol. The lowest BCUT2D eigenvalue weighted by atomic mass is 10.1. The molecule has 0 N–H and O–H groups in total. The van der Waals surface area contributed by atoms with Gasteiger partial charge in [0, 0.05) is 11.6 Å². The Morgan fingerprint density at radius 3 is 2.27 bits per heavy atom. The van der Waals surface area contributed by atoms with Crippen LogP contribution in [0.25, 0.3) is 11.1 Å². The molecule has 78 valence electrons. The average molecular weight is 264 g/mol. The summed E-state index contributed by atoms with van der Waals surface area (Å²) in [7, 11) is 0. The molecule has 0 saturated carbocycles. The number of pyridine rings is 1. The lowest BCUT2D eigenvalue weighted by Crippen LogP contribution is -3.00. The molecule has 0 bridgehead atoms. The Balaban J connectivity index is 0.00000112. The second-order valence-electron chi connectivity index (χ2n) is 3.29. The van der Waals surface area contributed by atoms with E-state index in [0.29, 0.717) is 0 Å². The average Bonchev–Trinajstić information content (AvgIpc) is 2.30. The monoisotopic (exact) mass is 263 g/mol. The van der Waals surface area contributed by atoms with E-state index in [1.807, 2.05) is 6.07 Å². The number of aryl methyl sites for hydroxylation is 1. The van der Waals surface area contributed by atoms with Crippen molar-refractivity contribution in [2.45, 2.75) is 13.5 Å². The van der Waals surface area contributed by atoms with Crippen molar-refractivity contribution >= 4 is 0 Å². The first-order valence-corrected chi connectivity index (χ1v) is 4.94. The van der Waals surface area contributed by atoms with Crippen molar-refractivity contribution in [3.8, 4) is 11.1 Å². The summed E-state index contributed by atoms with van der Waals surface area (Å²) < 4.78 is 2.18. The molecule has 1 aromatic heterocycles. The Bertz CT molecular complexity index is 412. The van der Waals surface area contributed by atoms with Gasteiger partial charge in [0.05, 0.1) is 0 Å². The minimum absolute atomic E-state index is 0. The molecule has 0 aliphatic rings. The summed E-state index contributed by atoms with van der Waals surface area (Å²) >= 11 is 0. The highest BCUT2D eigenvalue weighted by Gasteiger charge is 2.01. The van der Waals surface area contributed by atoms with Crippen LogP contribution in [0.2, 0.25) is 0 Å². The molecule has 2 rings (SSSR count). The lowest BCUT2D eigenvalue weighted by Gasteiger charge is -1.99. The van der Waals surface area contributed by atoms with Gasteiger partial charge in [-0.25, -0.2) is 4.57 Å². The fourth-order valence-corrected chi connectivity index (χ4v) is 1.52. The normalized spacial score (nSPS) is 9.40. The Kier molecular flexibility index (Phi) is 4.50. The Morgan fingerprint density at radius 1 is 0.933 bits per heavy atom. The Hall–Kier alpha value is -1.15. The molecule has 1 nitrogen and oxygen atoms in total. The summed E-state index contributed by atoms with van der Waals surface area (Å²) in [5.74, 6) is 0. The zero-order chi connectivity index (χ0) is 9.80. The fourth-order valence-electron chi connectivity index (χ4n) is 1.52. The molecule has 1 aromatic carbocycles. The van der Waals surface area contributed by atoms with Gasteiger partial charge >= 0.3 is 0 Å². The maximum absolute atomic E-state index is 2.18. The summed E-state index contributed by atoms with van der Waals surface area (Å²) in [4.78, 5) is 0. The highest BCUT2D eigenvalue weighted by molar-refractivity contribution is 5.61. The first-order chi connectivity index (χ1) is 6.90. The third-order valence-electron chi connectivity index (χ3n) is 2.33. The smallest absolute Gasteiger partial charge is 0.176 e. The third kappa shape index (κ3) is 2.90. The summed E-state index contributed by atoms with van der Waals surface area (Å²) in [5.41, 5.74) is 2.55. The summed E-state index contributed by atoms with van der Waals surface area (Å²) in [6.07, 6.45) is 4.27. The van der Waals surface area contributed by atoms with Crippen LogP contribution in [0.15, 0.2) is 54.9 Å². The van der Waals surface area contributed by atoms with Gasteiger partial charge in [-0.1, -0.05) is 30.3 Å². The number of halogens is 1. The molecule has 15 heavy (non-hydrogen) atoms. The maximum Gasteiger partial charge on any atom is 0.176 e. The van der Waals surface area contributed by atoms with Crippen LogP contribution in [0.4, 0.5) is 0 Å². The van der Waals surface area contributed by atoms with Crippen molar-refractivity contribution in [1.29, 1.82) is 0 Å². The van der Waals surface area contributed by atoms with Crippen LogP contribution < -0.4 is 21.5 Å². The number of benzene rings is 1. The summed E-state index contributed by atoms with van der Waals surface area (Å²) in [6.45, 7) is 3.16. The summed E-state index contributed by atoms with van der Waals surface area (Å²) in [5, 5.41) is 0. The van der Waals surface area contributed by atoms with Crippen LogP contribution in [0.5, 0.6) is 0 Å². The van der Waals surface area contributed by atoms with E-state index in [4.69, 9.17) is 0 Å². The van der Waals surface area contributed by atoms with Gasteiger partial charge in [0.15, 0.2) is 12.4 Å². The van der Waals surface area contributed by atoms with E-state index in [1.54, 1.807) is 0 Å². The van der Waals surface area contributed by atoms with Crippen molar-refractivity contribution in [3.05, 3.63) is 54.9 Å². The topological polar surface area (TPSA) is 3.88 Å². The van der Waals surface area contributed by atoms with Gasteiger partial charge in [-0.05, 0) is 18.6 Å². The molecule has 0 aliphatic heterocycles. The van der Waals surface area contributed by atoms with Crippen LogP contribution >= 0.6 is 0 Å². The van der Waals surface area contributed by atoms with Crippen LogP contribution in [0.3, 0.4) is 0 Å². The molecule has 0 amide bonds. The number of nitrogens with zero attached hydrogens (tertiary/aromatic N) is 1. The molecular formula is C13H14BrN. The quantitative estimate of drug-likeness (QED) is 0.654. The molecule has 2 aromatic rings. The van der Waals surface area contributed by atoms with Gasteiger partial charge in [-0.15, -0.1) is 0 Å². The molecule has 0 unspecified atom stereocenters. The molecule has 0 spiro atoms. The number of aromatic nitrogens is 1. The Morgan fingerprint density at radius 2 is 1.60 bits per heavy atom. The molecule has 0 aliphatic carbocycles. The predicted molar refractivity (Wildman–Crippen MR) is 57.7 cm³/mol. The highest BCUT2D eigenvalue weighted by atomic mass is 79.9. The van der Waals surface area contributed by atoms with Crippen LogP contribution in [-0.2, 0) is 6.54 Å². The van der Waals surface area contributed by atoms with Crippen molar-refractivity contribution in [2.75, 3.05) is 0 Å². The molecule has 0 radical (unpaired) electrons. The lowest BCUT2D eigenvalue weighted by molar-refractivity contribution is -0.693. The van der Waals surface area contributed by atoms with E-state index < -0.39 is 0 Å². The molecule has 1 heterocycles. The predicted octanol–water partition coefficient (Wildman–Crippen LogP) is -0.335. The van der Waals surface area contributed by atoms with Gasteiger partial charge in [0.1, 0.15) is 6.54 Å². The van der Waals surface area contributed by atoms with Crippen molar-refractivity contribution in [2.24, 2.45) is 0 Å². The van der Waals surface area contributed by atoms with Crippen molar-refractivity contribution in [1.82, 2.24) is 0 Å². The van der Waals surface area contributed by atoms with Crippen molar-refractivity contribution in [3.63, 3.8) is 0 Å². The number of hydrogen-bond donors (Lipinski definition) is 0. The van der Waals surface area contributed by atoms with Crippen molar-refractivity contribution < 1.29 is 21.5 Å². The maximum atomic E-state index is 2.18. The van der Waals surface area contributed by atoms with E-state index in [2.05, 4.69) is 60.3 Å². The van der Waals surface area contributed by atoms with Gasteiger partial charge in [0.25, 0.3) is 0 Å². The minimum Gasteiger partial charge on any atom is -1.00 e. The highest BCUT2D eigenvalue weighted by Crippen LogP contribution is 2.15. The standard InChI is InChI=1S/C13H14N.BrH/c1-2-14-10-6-9-13(11-14)12-7-4-3-5-8-12;/h3-11H,2H2,1H3;1H/q+1;/p-1. The third-order valence-corrected chi connectivity index (χ3v) is 2.33. The summed E-state index contributed by atoms with van der Waals surface area (Å²) in [6, 6.07) is 14.7. The van der Waals surface area contributed by atoms with E-state index >= 15 is 0 Å². The molecule has 0 saturated heterocycles. The number of rotatable bonds is 2. The first kappa shape index (κ1) is 11.9. The molecule has 0 fully saturated rings. The van der Waals surface area contributed by atoms with Crippen LogP contribution in [0.1, 0.15) is 6.92 Å². The molecule has 0 atom stereocenters. The second kappa shape index (κ2) is 5.66. The van der Waals surface area contributed by atoms with E-state index in [9.17, 15) is 0 Å². The number of hydrogen-bond acceptors (Lipinski definition) is 0. The largest absolute Gasteiger partial charge is 1.00 e. The van der Waals surface area contributed by atoms with E-state index in [-0.39, 0.29) is 17.0 Å². The van der Waals surface area contributed by atoms with Gasteiger partial charge in [-0.2, -0.15) is 0 Å². The minimum atomic E-state index is 0. The molecule has 2 heteroatoms. The SMILES string of the molecule is CC[n+]1cccc(-c2ccccc2)c1.[Br-]. The zero-order valence-electron chi connectivity index (χ0n) is 8.73. The van der Waals surface area contributed by atoms with Crippen LogP contribution in [0, 0.1) is 0 Å². The second-order valence-corrected chi connectivity index (χ2v) is 3.29. The van der Waals surface area contributed by atoms with E-state index in [0.717, 1.165) is 6.54 Å². The van der Waals surface area contributed by atoms with Gasteiger partial charge in [-0.3, -0.25) is 0 Å². The fraction of sp³-hybridized carbons (Fsp3) is 0.154.